The number of benzene rings is 2. The number of carbonyl (C=O) groups is 2. The van der Waals surface area contributed by atoms with Crippen LogP contribution < -0.4 is 10.2 Å². The third-order valence-corrected chi connectivity index (χ3v) is 6.19. The molecule has 0 saturated heterocycles. The number of amides is 2. The van der Waals surface area contributed by atoms with Gasteiger partial charge >= 0.3 is 0 Å². The summed E-state index contributed by atoms with van der Waals surface area (Å²) in [4.78, 5) is 42.8. The highest BCUT2D eigenvalue weighted by molar-refractivity contribution is 6.31. The first kappa shape index (κ1) is 21.1. The minimum absolute atomic E-state index is 0.167. The molecule has 10 nitrogen and oxygen atoms in total. The third-order valence-electron chi connectivity index (χ3n) is 5.95. The van der Waals surface area contributed by atoms with Crippen molar-refractivity contribution in [1.29, 1.82) is 0 Å². The van der Waals surface area contributed by atoms with Gasteiger partial charge in [0, 0.05) is 40.4 Å². The van der Waals surface area contributed by atoms with Crippen molar-refractivity contribution in [1.82, 2.24) is 35.5 Å². The zero-order chi connectivity index (χ0) is 23.9. The van der Waals surface area contributed by atoms with E-state index >= 15 is 0 Å². The number of hydrogen-bond acceptors (Lipinski definition) is 5. The highest BCUT2D eigenvalue weighted by atomic mass is 35.5. The van der Waals surface area contributed by atoms with Crippen molar-refractivity contribution in [3.8, 4) is 11.6 Å². The van der Waals surface area contributed by atoms with Crippen molar-refractivity contribution in [2.45, 2.75) is 19.0 Å². The molecule has 5 aromatic rings. The number of hydrogen-bond donors (Lipinski definition) is 4. The van der Waals surface area contributed by atoms with Crippen LogP contribution in [0.4, 0.5) is 5.69 Å². The van der Waals surface area contributed by atoms with Gasteiger partial charge in [0.1, 0.15) is 17.6 Å². The van der Waals surface area contributed by atoms with Gasteiger partial charge in [-0.05, 0) is 35.9 Å². The van der Waals surface area contributed by atoms with Gasteiger partial charge in [-0.2, -0.15) is 5.10 Å². The van der Waals surface area contributed by atoms with Crippen LogP contribution in [0.25, 0.3) is 22.6 Å². The number of aromatic nitrogens is 6. The topological polar surface area (TPSA) is 135 Å². The zero-order valence-corrected chi connectivity index (χ0v) is 19.0. The summed E-state index contributed by atoms with van der Waals surface area (Å²) in [5.41, 5.74) is 2.88. The van der Waals surface area contributed by atoms with Gasteiger partial charge in [0.05, 0.1) is 6.54 Å². The van der Waals surface area contributed by atoms with Gasteiger partial charge in [-0.25, -0.2) is 9.97 Å². The van der Waals surface area contributed by atoms with Crippen LogP contribution >= 0.6 is 11.6 Å². The summed E-state index contributed by atoms with van der Waals surface area (Å²) in [5, 5.41) is 11.4. The van der Waals surface area contributed by atoms with E-state index in [1.165, 1.54) is 0 Å². The van der Waals surface area contributed by atoms with Gasteiger partial charge in [0.15, 0.2) is 5.82 Å². The van der Waals surface area contributed by atoms with Crippen molar-refractivity contribution >= 4 is 40.0 Å². The van der Waals surface area contributed by atoms with Crippen molar-refractivity contribution in [2.24, 2.45) is 0 Å². The summed E-state index contributed by atoms with van der Waals surface area (Å²) in [6.45, 7) is 0.167. The molecule has 0 radical (unpaired) electrons. The number of aromatic amines is 3. The highest BCUT2D eigenvalue weighted by Crippen LogP contribution is 2.29. The molecular weight excluding hydrogens is 468 g/mol. The quantitative estimate of drug-likeness (QED) is 0.302. The summed E-state index contributed by atoms with van der Waals surface area (Å²) in [6.07, 6.45) is 3.69. The molecule has 6 rings (SSSR count). The summed E-state index contributed by atoms with van der Waals surface area (Å²) in [7, 11) is 0. The fourth-order valence-corrected chi connectivity index (χ4v) is 4.49. The fourth-order valence-electron chi connectivity index (χ4n) is 4.31. The number of anilines is 1. The number of nitrogens with one attached hydrogen (secondary N) is 4. The van der Waals surface area contributed by atoms with Gasteiger partial charge in [-0.15, -0.1) is 0 Å². The first-order valence-corrected chi connectivity index (χ1v) is 11.3. The number of imidazole rings is 1. The number of fused-ring (bicyclic) bond motifs is 2. The Kier molecular flexibility index (Phi) is 5.07. The van der Waals surface area contributed by atoms with E-state index in [0.717, 1.165) is 22.2 Å². The second-order valence-electron chi connectivity index (χ2n) is 8.24. The van der Waals surface area contributed by atoms with Crippen LogP contribution in [-0.2, 0) is 17.8 Å². The first-order chi connectivity index (χ1) is 17.0. The second-order valence-corrected chi connectivity index (χ2v) is 8.68. The lowest BCUT2D eigenvalue weighted by Gasteiger charge is -2.33. The lowest BCUT2D eigenvalue weighted by atomic mass is 9.97. The normalized spacial score (nSPS) is 15.4. The SMILES string of the molecule is O=C(N[C@H]1Cc2ccccc2N(Cc2nc(-c3ncc[nH]3)n[nH]2)C1=O)c1cc2cc(Cl)ccc2[nH]1. The largest absolute Gasteiger partial charge is 0.351 e. The first-order valence-electron chi connectivity index (χ1n) is 10.9. The smallest absolute Gasteiger partial charge is 0.268 e. The number of carbonyl (C=O) groups excluding carboxylic acids is 2. The predicted molar refractivity (Wildman–Crippen MR) is 130 cm³/mol. The van der Waals surface area contributed by atoms with Crippen molar-refractivity contribution < 1.29 is 9.59 Å². The lowest BCUT2D eigenvalue weighted by Crippen LogP contribution is -2.52. The molecular formula is C24H19ClN8O2. The number of halogens is 1. The Morgan fingerprint density at radius 3 is 2.94 bits per heavy atom. The molecule has 0 fully saturated rings. The molecule has 1 aliphatic rings. The number of H-pyrrole nitrogens is 3. The van der Waals surface area contributed by atoms with Crippen LogP contribution in [0.1, 0.15) is 21.9 Å². The fraction of sp³-hybridized carbons (Fsp3) is 0.125. The molecule has 11 heteroatoms. The molecule has 2 aromatic carbocycles. The predicted octanol–water partition coefficient (Wildman–Crippen LogP) is 3.22. The molecule has 4 N–H and O–H groups in total. The monoisotopic (exact) mass is 486 g/mol. The van der Waals surface area contributed by atoms with Gasteiger partial charge in [0.2, 0.25) is 11.7 Å². The van der Waals surface area contributed by atoms with E-state index in [0.29, 0.717) is 34.6 Å². The number of nitrogens with zero attached hydrogens (tertiary/aromatic N) is 4. The molecule has 0 bridgehead atoms. The Balaban J connectivity index is 1.26. The maximum Gasteiger partial charge on any atom is 0.268 e. The van der Waals surface area contributed by atoms with Gasteiger partial charge in [-0.1, -0.05) is 29.8 Å². The molecule has 1 atom stereocenters. The van der Waals surface area contributed by atoms with E-state index in [1.807, 2.05) is 30.3 Å². The zero-order valence-electron chi connectivity index (χ0n) is 18.2. The molecule has 3 aromatic heterocycles. The summed E-state index contributed by atoms with van der Waals surface area (Å²) >= 11 is 6.06. The molecule has 0 unspecified atom stereocenters. The van der Waals surface area contributed by atoms with E-state index in [2.05, 4.69) is 35.5 Å². The van der Waals surface area contributed by atoms with E-state index < -0.39 is 6.04 Å². The average molecular weight is 487 g/mol. The van der Waals surface area contributed by atoms with E-state index in [4.69, 9.17) is 11.6 Å². The minimum atomic E-state index is -0.736. The molecule has 35 heavy (non-hydrogen) atoms. The molecule has 1 aliphatic heterocycles. The van der Waals surface area contributed by atoms with Crippen LogP contribution in [-0.4, -0.2) is 48.0 Å². The number of para-hydroxylation sites is 1. The average Bonchev–Trinajstić information content (AvgIpc) is 3.62. The molecule has 174 valence electrons. The highest BCUT2D eigenvalue weighted by Gasteiger charge is 2.34. The lowest BCUT2D eigenvalue weighted by molar-refractivity contribution is -0.121. The van der Waals surface area contributed by atoms with E-state index in [1.54, 1.807) is 35.5 Å². The van der Waals surface area contributed by atoms with Gasteiger partial charge in [0.25, 0.3) is 5.91 Å². The Labute approximate surface area is 203 Å². The Bertz CT molecular complexity index is 1550. The van der Waals surface area contributed by atoms with Crippen LogP contribution in [0.3, 0.4) is 0 Å². The van der Waals surface area contributed by atoms with Crippen LogP contribution in [0.2, 0.25) is 5.02 Å². The minimum Gasteiger partial charge on any atom is -0.351 e. The van der Waals surface area contributed by atoms with Crippen LogP contribution in [0, 0.1) is 0 Å². The maximum absolute atomic E-state index is 13.5. The summed E-state index contributed by atoms with van der Waals surface area (Å²) in [5.74, 6) is 0.843. The Hall–Kier alpha value is -4.44. The van der Waals surface area contributed by atoms with Crippen molar-refractivity contribution in [3.63, 3.8) is 0 Å². The molecule has 0 saturated carbocycles. The Morgan fingerprint density at radius 2 is 2.09 bits per heavy atom. The Morgan fingerprint density at radius 1 is 1.20 bits per heavy atom. The van der Waals surface area contributed by atoms with Crippen molar-refractivity contribution in [2.75, 3.05) is 4.90 Å². The standard InChI is InChI=1S/C24H19ClN8O2/c25-15-5-6-16-14(9-15)11-17(28-16)23(34)29-18-10-13-3-1-2-4-19(13)33(24(18)35)12-20-30-22(32-31-20)21-26-7-8-27-21/h1-9,11,18,28H,10,12H2,(H,26,27)(H,29,34)(H,30,31,32)/t18-/m0/s1. The molecule has 4 heterocycles. The second kappa shape index (κ2) is 8.41. The van der Waals surface area contributed by atoms with E-state index in [-0.39, 0.29) is 18.4 Å². The maximum atomic E-state index is 13.5. The molecule has 0 aliphatic carbocycles. The molecule has 2 amide bonds. The van der Waals surface area contributed by atoms with E-state index in [9.17, 15) is 9.59 Å². The van der Waals surface area contributed by atoms with Crippen LogP contribution in [0.15, 0.2) is 60.9 Å². The molecule has 0 spiro atoms. The summed E-state index contributed by atoms with van der Waals surface area (Å²) < 4.78 is 0. The van der Waals surface area contributed by atoms with Crippen LogP contribution in [0.5, 0.6) is 0 Å². The third kappa shape index (κ3) is 3.93. The number of rotatable bonds is 5. The van der Waals surface area contributed by atoms with Gasteiger partial charge in [-0.3, -0.25) is 14.7 Å². The van der Waals surface area contributed by atoms with Crippen molar-refractivity contribution in [3.05, 3.63) is 83.0 Å². The summed E-state index contributed by atoms with van der Waals surface area (Å²) in [6, 6.07) is 14.0. The van der Waals surface area contributed by atoms with Gasteiger partial charge < -0.3 is 20.2 Å².